The summed E-state index contributed by atoms with van der Waals surface area (Å²) < 4.78 is 5.44. The Bertz CT molecular complexity index is 305. The summed E-state index contributed by atoms with van der Waals surface area (Å²) in [7, 11) is 0. The first-order valence-corrected chi connectivity index (χ1v) is 6.34. The molecule has 2 heterocycles. The van der Waals surface area contributed by atoms with E-state index in [0.29, 0.717) is 5.92 Å². The third-order valence-corrected chi connectivity index (χ3v) is 3.60. The van der Waals surface area contributed by atoms with Gasteiger partial charge in [0.25, 0.3) is 0 Å². The average Bonchev–Trinajstić information content (AvgIpc) is 2.68. The molecule has 15 heavy (non-hydrogen) atoms. The summed E-state index contributed by atoms with van der Waals surface area (Å²) in [4.78, 5) is 4.42. The van der Waals surface area contributed by atoms with Crippen molar-refractivity contribution < 1.29 is 9.84 Å². The van der Waals surface area contributed by atoms with E-state index < -0.39 is 6.10 Å². The first-order chi connectivity index (χ1) is 7.25. The summed E-state index contributed by atoms with van der Waals surface area (Å²) in [5.41, 5.74) is 0.798. The molecule has 0 aliphatic carbocycles. The molecule has 1 aromatic rings. The smallest absolute Gasteiger partial charge is 0.0940 e. The maximum atomic E-state index is 9.36. The molecule has 84 valence electrons. The minimum absolute atomic E-state index is 0.447. The number of hydrogen-bond acceptors (Lipinski definition) is 4. The molecule has 2 rings (SSSR count). The second-order valence-corrected chi connectivity index (χ2v) is 5.07. The molecule has 0 bridgehead atoms. The van der Waals surface area contributed by atoms with Crippen molar-refractivity contribution in [2.75, 3.05) is 13.2 Å². The normalized spacial score (nSPS) is 24.0. The number of rotatable bonds is 3. The Morgan fingerprint density at radius 1 is 1.73 bits per heavy atom. The van der Waals surface area contributed by atoms with Gasteiger partial charge in [-0.15, -0.1) is 11.3 Å². The minimum Gasteiger partial charge on any atom is -0.387 e. The van der Waals surface area contributed by atoms with Gasteiger partial charge in [0.2, 0.25) is 0 Å². The number of thiazole rings is 1. The van der Waals surface area contributed by atoms with Crippen LogP contribution in [0.1, 0.15) is 36.6 Å². The van der Waals surface area contributed by atoms with Crippen molar-refractivity contribution in [1.82, 2.24) is 4.98 Å². The van der Waals surface area contributed by atoms with Gasteiger partial charge in [0, 0.05) is 25.0 Å². The summed E-state index contributed by atoms with van der Waals surface area (Å²) in [6.45, 7) is 3.53. The molecule has 0 saturated carbocycles. The molecule has 1 fully saturated rings. The van der Waals surface area contributed by atoms with Crippen LogP contribution in [0.25, 0.3) is 0 Å². The van der Waals surface area contributed by atoms with Crippen LogP contribution in [0.3, 0.4) is 0 Å². The SMILES string of the molecule is CC(O)c1csc(CC2CCCOC2)n1. The Hall–Kier alpha value is -0.450. The molecule has 0 radical (unpaired) electrons. The van der Waals surface area contributed by atoms with Gasteiger partial charge in [0.15, 0.2) is 0 Å². The first-order valence-electron chi connectivity index (χ1n) is 5.46. The maximum Gasteiger partial charge on any atom is 0.0940 e. The molecule has 0 amide bonds. The van der Waals surface area contributed by atoms with Crippen LogP contribution >= 0.6 is 11.3 Å². The van der Waals surface area contributed by atoms with Gasteiger partial charge >= 0.3 is 0 Å². The molecule has 2 unspecified atom stereocenters. The lowest BCUT2D eigenvalue weighted by Gasteiger charge is -2.20. The molecule has 1 aliphatic heterocycles. The van der Waals surface area contributed by atoms with Gasteiger partial charge in [0.1, 0.15) is 0 Å². The highest BCUT2D eigenvalue weighted by atomic mass is 32.1. The summed E-state index contributed by atoms with van der Waals surface area (Å²) in [6, 6.07) is 0. The molecule has 1 saturated heterocycles. The van der Waals surface area contributed by atoms with Crippen LogP contribution in [-0.2, 0) is 11.2 Å². The largest absolute Gasteiger partial charge is 0.387 e. The van der Waals surface area contributed by atoms with Crippen molar-refractivity contribution in [3.05, 3.63) is 16.1 Å². The Kier molecular flexibility index (Phi) is 3.72. The highest BCUT2D eigenvalue weighted by Gasteiger charge is 2.16. The number of aliphatic hydroxyl groups is 1. The fraction of sp³-hybridized carbons (Fsp3) is 0.727. The fourth-order valence-electron chi connectivity index (χ4n) is 1.83. The zero-order chi connectivity index (χ0) is 10.7. The van der Waals surface area contributed by atoms with Crippen LogP contribution in [0, 0.1) is 5.92 Å². The van der Waals surface area contributed by atoms with Crippen LogP contribution in [-0.4, -0.2) is 23.3 Å². The van der Waals surface area contributed by atoms with Gasteiger partial charge in [0.05, 0.1) is 16.8 Å². The van der Waals surface area contributed by atoms with Crippen molar-refractivity contribution >= 4 is 11.3 Å². The van der Waals surface area contributed by atoms with E-state index in [1.54, 1.807) is 18.3 Å². The third-order valence-electron chi connectivity index (χ3n) is 2.72. The average molecular weight is 227 g/mol. The van der Waals surface area contributed by atoms with Crippen molar-refractivity contribution in [1.29, 1.82) is 0 Å². The summed E-state index contributed by atoms with van der Waals surface area (Å²) in [6.07, 6.45) is 2.96. The van der Waals surface area contributed by atoms with E-state index in [2.05, 4.69) is 4.98 Å². The Balaban J connectivity index is 1.91. The van der Waals surface area contributed by atoms with Crippen LogP contribution in [0.15, 0.2) is 5.38 Å². The van der Waals surface area contributed by atoms with Gasteiger partial charge in [-0.1, -0.05) is 0 Å². The highest BCUT2D eigenvalue weighted by molar-refractivity contribution is 7.09. The zero-order valence-electron chi connectivity index (χ0n) is 8.98. The fourth-order valence-corrected chi connectivity index (χ4v) is 2.82. The molecular weight excluding hydrogens is 210 g/mol. The molecule has 1 aromatic heterocycles. The second kappa shape index (κ2) is 5.05. The molecule has 0 aromatic carbocycles. The molecule has 1 N–H and O–H groups in total. The van der Waals surface area contributed by atoms with E-state index in [1.165, 1.54) is 12.8 Å². The van der Waals surface area contributed by atoms with Crippen molar-refractivity contribution in [3.63, 3.8) is 0 Å². The summed E-state index contributed by atoms with van der Waals surface area (Å²) in [5, 5.41) is 12.4. The van der Waals surface area contributed by atoms with Crippen molar-refractivity contribution in [3.8, 4) is 0 Å². The number of aliphatic hydroxyl groups excluding tert-OH is 1. The topological polar surface area (TPSA) is 42.4 Å². The standard InChI is InChI=1S/C11H17NO2S/c1-8(13)10-7-15-11(12-10)5-9-3-2-4-14-6-9/h7-9,13H,2-6H2,1H3. The lowest BCUT2D eigenvalue weighted by molar-refractivity contribution is 0.0549. The van der Waals surface area contributed by atoms with Crippen LogP contribution in [0.2, 0.25) is 0 Å². The molecule has 0 spiro atoms. The number of nitrogens with zero attached hydrogens (tertiary/aromatic N) is 1. The lowest BCUT2D eigenvalue weighted by atomic mass is 9.99. The molecule has 3 nitrogen and oxygen atoms in total. The Morgan fingerprint density at radius 3 is 3.20 bits per heavy atom. The molecule has 4 heteroatoms. The van der Waals surface area contributed by atoms with E-state index >= 15 is 0 Å². The van der Waals surface area contributed by atoms with E-state index in [4.69, 9.17) is 4.74 Å². The number of aromatic nitrogens is 1. The molecule has 1 aliphatic rings. The minimum atomic E-state index is -0.447. The summed E-state index contributed by atoms with van der Waals surface area (Å²) >= 11 is 1.64. The van der Waals surface area contributed by atoms with E-state index in [-0.39, 0.29) is 0 Å². The Labute approximate surface area is 94.1 Å². The predicted molar refractivity (Wildman–Crippen MR) is 60.0 cm³/mol. The van der Waals surface area contributed by atoms with Gasteiger partial charge in [-0.2, -0.15) is 0 Å². The van der Waals surface area contributed by atoms with Gasteiger partial charge in [-0.25, -0.2) is 4.98 Å². The van der Waals surface area contributed by atoms with Crippen LogP contribution in [0.4, 0.5) is 0 Å². The zero-order valence-corrected chi connectivity index (χ0v) is 9.80. The second-order valence-electron chi connectivity index (χ2n) is 4.13. The van der Waals surface area contributed by atoms with Crippen molar-refractivity contribution in [2.24, 2.45) is 5.92 Å². The molecule has 2 atom stereocenters. The van der Waals surface area contributed by atoms with E-state index in [9.17, 15) is 5.11 Å². The maximum absolute atomic E-state index is 9.36. The van der Waals surface area contributed by atoms with Crippen LogP contribution < -0.4 is 0 Å². The monoisotopic (exact) mass is 227 g/mol. The van der Waals surface area contributed by atoms with Gasteiger partial charge in [-0.3, -0.25) is 0 Å². The number of ether oxygens (including phenoxy) is 1. The highest BCUT2D eigenvalue weighted by Crippen LogP contribution is 2.22. The molecular formula is C11H17NO2S. The predicted octanol–water partition coefficient (Wildman–Crippen LogP) is 2.17. The number of hydrogen-bond donors (Lipinski definition) is 1. The van der Waals surface area contributed by atoms with Gasteiger partial charge < -0.3 is 9.84 Å². The first kappa shape index (κ1) is 11.0. The van der Waals surface area contributed by atoms with E-state index in [1.807, 2.05) is 5.38 Å². The summed E-state index contributed by atoms with van der Waals surface area (Å²) in [5.74, 6) is 0.617. The van der Waals surface area contributed by atoms with Crippen LogP contribution in [0.5, 0.6) is 0 Å². The van der Waals surface area contributed by atoms with E-state index in [0.717, 1.165) is 30.3 Å². The third kappa shape index (κ3) is 3.00. The Morgan fingerprint density at radius 2 is 2.60 bits per heavy atom. The quantitative estimate of drug-likeness (QED) is 0.860. The van der Waals surface area contributed by atoms with Gasteiger partial charge in [-0.05, 0) is 25.7 Å². The lowest BCUT2D eigenvalue weighted by Crippen LogP contribution is -2.19. The van der Waals surface area contributed by atoms with Crippen molar-refractivity contribution in [2.45, 2.75) is 32.3 Å².